The molecular weight excluding hydrogens is 374 g/mol. The van der Waals surface area contributed by atoms with E-state index < -0.39 is 5.97 Å². The van der Waals surface area contributed by atoms with Crippen molar-refractivity contribution in [2.75, 3.05) is 13.7 Å². The molecule has 6 heteroatoms. The Balaban J connectivity index is 1.99. The predicted molar refractivity (Wildman–Crippen MR) is 92.9 cm³/mol. The van der Waals surface area contributed by atoms with Crippen molar-refractivity contribution in [2.24, 2.45) is 0 Å². The lowest BCUT2D eigenvalue weighted by Gasteiger charge is -2.10. The van der Waals surface area contributed by atoms with Crippen LogP contribution in [0.5, 0.6) is 17.2 Å². The maximum absolute atomic E-state index is 11.9. The summed E-state index contributed by atoms with van der Waals surface area (Å²) < 4.78 is 16.7. The lowest BCUT2D eigenvalue weighted by molar-refractivity contribution is -0.136. The second-order valence-corrected chi connectivity index (χ2v) is 5.51. The first-order valence-corrected chi connectivity index (χ1v) is 7.75. The summed E-state index contributed by atoms with van der Waals surface area (Å²) in [6.45, 7) is -0.221. The molecule has 24 heavy (non-hydrogen) atoms. The van der Waals surface area contributed by atoms with E-state index in [0.717, 1.165) is 10.0 Å². The van der Waals surface area contributed by atoms with Crippen molar-refractivity contribution >= 4 is 28.0 Å². The van der Waals surface area contributed by atoms with Crippen molar-refractivity contribution < 1.29 is 19.0 Å². The highest BCUT2D eigenvalue weighted by Gasteiger charge is 2.11. The van der Waals surface area contributed by atoms with Gasteiger partial charge in [0.2, 0.25) is 0 Å². The van der Waals surface area contributed by atoms with Gasteiger partial charge in [0.15, 0.2) is 18.1 Å². The van der Waals surface area contributed by atoms with Crippen LogP contribution in [0.15, 0.2) is 53.0 Å². The minimum atomic E-state index is -0.545. The van der Waals surface area contributed by atoms with Gasteiger partial charge >= 0.3 is 5.97 Å². The molecular formula is C18H14BrNO4. The second kappa shape index (κ2) is 8.75. The summed E-state index contributed by atoms with van der Waals surface area (Å²) >= 11 is 3.32. The SMILES string of the molecule is COc1cc(/C=C\C#N)ccc1OC(=O)COc1ccc(Br)cc1. The van der Waals surface area contributed by atoms with Crippen LogP contribution >= 0.6 is 15.9 Å². The molecule has 0 amide bonds. The third-order valence-corrected chi connectivity index (χ3v) is 3.46. The number of halogens is 1. The summed E-state index contributed by atoms with van der Waals surface area (Å²) in [5.41, 5.74) is 0.763. The Kier molecular flexibility index (Phi) is 6.41. The Morgan fingerprint density at radius 1 is 1.21 bits per heavy atom. The van der Waals surface area contributed by atoms with E-state index in [2.05, 4.69) is 15.9 Å². The fourth-order valence-electron chi connectivity index (χ4n) is 1.83. The topological polar surface area (TPSA) is 68.5 Å². The number of methoxy groups -OCH3 is 1. The van der Waals surface area contributed by atoms with E-state index in [1.807, 2.05) is 18.2 Å². The molecule has 0 saturated carbocycles. The van der Waals surface area contributed by atoms with Crippen LogP contribution in [0.3, 0.4) is 0 Å². The molecule has 0 aliphatic carbocycles. The number of hydrogen-bond acceptors (Lipinski definition) is 5. The molecule has 2 rings (SSSR count). The minimum Gasteiger partial charge on any atom is -0.493 e. The van der Waals surface area contributed by atoms with Gasteiger partial charge in [-0.2, -0.15) is 5.26 Å². The van der Waals surface area contributed by atoms with Crippen LogP contribution in [-0.4, -0.2) is 19.7 Å². The van der Waals surface area contributed by atoms with Gasteiger partial charge in [-0.25, -0.2) is 4.79 Å². The van der Waals surface area contributed by atoms with E-state index in [4.69, 9.17) is 19.5 Å². The van der Waals surface area contributed by atoms with Crippen LogP contribution in [0.25, 0.3) is 6.08 Å². The normalized spacial score (nSPS) is 10.2. The van der Waals surface area contributed by atoms with E-state index in [1.54, 1.807) is 36.4 Å². The maximum atomic E-state index is 11.9. The number of carbonyl (C=O) groups excluding carboxylic acids is 1. The van der Waals surface area contributed by atoms with Gasteiger partial charge in [0, 0.05) is 10.5 Å². The summed E-state index contributed by atoms with van der Waals surface area (Å²) in [5, 5.41) is 8.54. The summed E-state index contributed by atoms with van der Waals surface area (Å²) in [6.07, 6.45) is 2.98. The second-order valence-electron chi connectivity index (χ2n) is 4.59. The molecule has 0 atom stereocenters. The quantitative estimate of drug-likeness (QED) is 0.426. The number of allylic oxidation sites excluding steroid dienone is 1. The van der Waals surface area contributed by atoms with Gasteiger partial charge in [-0.05, 0) is 48.0 Å². The van der Waals surface area contributed by atoms with Gasteiger partial charge in [0.1, 0.15) is 5.75 Å². The van der Waals surface area contributed by atoms with Crippen molar-refractivity contribution in [3.05, 3.63) is 58.6 Å². The predicted octanol–water partition coefficient (Wildman–Crippen LogP) is 3.98. The zero-order valence-electron chi connectivity index (χ0n) is 12.9. The van der Waals surface area contributed by atoms with Gasteiger partial charge in [-0.3, -0.25) is 0 Å². The van der Waals surface area contributed by atoms with Crippen molar-refractivity contribution in [1.29, 1.82) is 5.26 Å². The van der Waals surface area contributed by atoms with Crippen LogP contribution in [0, 0.1) is 11.3 Å². The van der Waals surface area contributed by atoms with E-state index in [-0.39, 0.29) is 12.4 Å². The number of rotatable bonds is 6. The molecule has 0 radical (unpaired) electrons. The van der Waals surface area contributed by atoms with E-state index in [1.165, 1.54) is 13.2 Å². The fourth-order valence-corrected chi connectivity index (χ4v) is 2.10. The Hall–Kier alpha value is -2.78. The monoisotopic (exact) mass is 387 g/mol. The Morgan fingerprint density at radius 3 is 2.62 bits per heavy atom. The van der Waals surface area contributed by atoms with Gasteiger partial charge < -0.3 is 14.2 Å². The molecule has 0 N–H and O–H groups in total. The molecule has 0 saturated heterocycles. The number of nitriles is 1. The minimum absolute atomic E-state index is 0.221. The average molecular weight is 388 g/mol. The lowest BCUT2D eigenvalue weighted by Crippen LogP contribution is -2.18. The van der Waals surface area contributed by atoms with Gasteiger partial charge in [0.25, 0.3) is 0 Å². The van der Waals surface area contributed by atoms with Crippen LogP contribution < -0.4 is 14.2 Å². The third-order valence-electron chi connectivity index (χ3n) is 2.93. The Bertz CT molecular complexity index is 779. The third kappa shape index (κ3) is 5.14. The summed E-state index contributed by atoms with van der Waals surface area (Å²) in [6, 6.07) is 14.0. The molecule has 2 aromatic carbocycles. The number of nitrogens with zero attached hydrogens (tertiary/aromatic N) is 1. The van der Waals surface area contributed by atoms with E-state index in [0.29, 0.717) is 11.5 Å². The van der Waals surface area contributed by atoms with Crippen molar-refractivity contribution in [3.8, 4) is 23.3 Å². The average Bonchev–Trinajstić information content (AvgIpc) is 2.60. The number of ether oxygens (including phenoxy) is 3. The molecule has 0 heterocycles. The molecule has 0 spiro atoms. The molecule has 122 valence electrons. The van der Waals surface area contributed by atoms with E-state index in [9.17, 15) is 4.79 Å². The van der Waals surface area contributed by atoms with Crippen molar-refractivity contribution in [1.82, 2.24) is 0 Å². The number of benzene rings is 2. The summed E-state index contributed by atoms with van der Waals surface area (Å²) in [5.74, 6) is 0.707. The highest BCUT2D eigenvalue weighted by Crippen LogP contribution is 2.28. The van der Waals surface area contributed by atoms with E-state index >= 15 is 0 Å². The fraction of sp³-hybridized carbons (Fsp3) is 0.111. The Labute approximate surface area is 148 Å². The maximum Gasteiger partial charge on any atom is 0.349 e. The molecule has 0 bridgehead atoms. The van der Waals surface area contributed by atoms with Gasteiger partial charge in [-0.15, -0.1) is 0 Å². The summed E-state index contributed by atoms with van der Waals surface area (Å²) in [4.78, 5) is 11.9. The standard InChI is InChI=1S/C18H14BrNO4/c1-22-17-11-13(3-2-10-20)4-9-16(17)24-18(21)12-23-15-7-5-14(19)6-8-15/h2-9,11H,12H2,1H3/b3-2-. The number of carbonyl (C=O) groups is 1. The first-order valence-electron chi connectivity index (χ1n) is 6.95. The number of hydrogen-bond donors (Lipinski definition) is 0. The first-order chi connectivity index (χ1) is 11.6. The number of esters is 1. The molecule has 0 fully saturated rings. The molecule has 2 aromatic rings. The van der Waals surface area contributed by atoms with Crippen molar-refractivity contribution in [2.45, 2.75) is 0 Å². The van der Waals surface area contributed by atoms with Crippen LogP contribution in [0.1, 0.15) is 5.56 Å². The van der Waals surface area contributed by atoms with Gasteiger partial charge in [0.05, 0.1) is 13.2 Å². The molecule has 0 aliphatic heterocycles. The van der Waals surface area contributed by atoms with Crippen LogP contribution in [-0.2, 0) is 4.79 Å². The van der Waals surface area contributed by atoms with Crippen molar-refractivity contribution in [3.63, 3.8) is 0 Å². The zero-order valence-corrected chi connectivity index (χ0v) is 14.4. The highest BCUT2D eigenvalue weighted by atomic mass is 79.9. The molecule has 0 aromatic heterocycles. The first kappa shape index (κ1) is 17.6. The Morgan fingerprint density at radius 2 is 1.96 bits per heavy atom. The smallest absolute Gasteiger partial charge is 0.349 e. The largest absolute Gasteiger partial charge is 0.493 e. The van der Waals surface area contributed by atoms with Crippen LogP contribution in [0.4, 0.5) is 0 Å². The lowest BCUT2D eigenvalue weighted by atomic mass is 10.2. The molecule has 0 aliphatic rings. The van der Waals surface area contributed by atoms with Crippen LogP contribution in [0.2, 0.25) is 0 Å². The summed E-state index contributed by atoms with van der Waals surface area (Å²) in [7, 11) is 1.47. The molecule has 0 unspecified atom stereocenters. The molecule has 5 nitrogen and oxygen atoms in total. The highest BCUT2D eigenvalue weighted by molar-refractivity contribution is 9.10. The van der Waals surface area contributed by atoms with Gasteiger partial charge in [-0.1, -0.05) is 22.0 Å². The zero-order chi connectivity index (χ0) is 17.4.